The first-order valence-corrected chi connectivity index (χ1v) is 4.83. The van der Waals surface area contributed by atoms with Gasteiger partial charge in [-0.3, -0.25) is 0 Å². The molecule has 0 saturated heterocycles. The maximum absolute atomic E-state index is 5.90. The van der Waals surface area contributed by atoms with E-state index in [1.165, 1.54) is 12.8 Å². The van der Waals surface area contributed by atoms with Crippen molar-refractivity contribution in [3.05, 3.63) is 0 Å². The van der Waals surface area contributed by atoms with Crippen LogP contribution in [0.25, 0.3) is 0 Å². The van der Waals surface area contributed by atoms with Gasteiger partial charge in [0.1, 0.15) is 0 Å². The molecule has 1 nitrogen and oxygen atoms in total. The molecule has 2 unspecified atom stereocenters. The van der Waals surface area contributed by atoms with Crippen LogP contribution in [0.2, 0.25) is 0 Å². The number of nitrogens with two attached hydrogens (primary N) is 1. The summed E-state index contributed by atoms with van der Waals surface area (Å²) in [4.78, 5) is 0. The van der Waals surface area contributed by atoms with Crippen molar-refractivity contribution in [2.24, 2.45) is 17.6 Å². The topological polar surface area (TPSA) is 26.0 Å². The van der Waals surface area contributed by atoms with Gasteiger partial charge in [0, 0.05) is 6.04 Å². The lowest BCUT2D eigenvalue weighted by molar-refractivity contribution is 0.379. The maximum Gasteiger partial charge on any atom is 0.00619 e. The lowest BCUT2D eigenvalue weighted by atomic mass is 9.92. The first kappa shape index (κ1) is 11.0. The van der Waals surface area contributed by atoms with Crippen molar-refractivity contribution in [3.63, 3.8) is 0 Å². The van der Waals surface area contributed by atoms with Gasteiger partial charge in [-0.05, 0) is 24.7 Å². The molecule has 0 aromatic heterocycles. The van der Waals surface area contributed by atoms with Gasteiger partial charge in [0.25, 0.3) is 0 Å². The van der Waals surface area contributed by atoms with Crippen LogP contribution < -0.4 is 5.73 Å². The SMILES string of the molecule is CCC(N)C(C)CCC(C)C. The van der Waals surface area contributed by atoms with E-state index in [2.05, 4.69) is 27.7 Å². The van der Waals surface area contributed by atoms with Gasteiger partial charge in [-0.25, -0.2) is 0 Å². The van der Waals surface area contributed by atoms with Crippen molar-refractivity contribution in [2.45, 2.75) is 53.0 Å². The van der Waals surface area contributed by atoms with Crippen LogP contribution in [0.5, 0.6) is 0 Å². The van der Waals surface area contributed by atoms with Crippen LogP contribution in [0.15, 0.2) is 0 Å². The van der Waals surface area contributed by atoms with Gasteiger partial charge in [0.05, 0.1) is 0 Å². The summed E-state index contributed by atoms with van der Waals surface area (Å²) in [7, 11) is 0. The molecule has 0 aliphatic carbocycles. The molecule has 68 valence electrons. The molecule has 0 aromatic carbocycles. The van der Waals surface area contributed by atoms with Crippen LogP contribution in [0.3, 0.4) is 0 Å². The minimum Gasteiger partial charge on any atom is -0.327 e. The molecule has 0 aromatic rings. The van der Waals surface area contributed by atoms with E-state index in [9.17, 15) is 0 Å². The first-order chi connectivity index (χ1) is 5.07. The summed E-state index contributed by atoms with van der Waals surface area (Å²) in [6.07, 6.45) is 3.71. The van der Waals surface area contributed by atoms with E-state index >= 15 is 0 Å². The molecule has 0 fully saturated rings. The van der Waals surface area contributed by atoms with Crippen molar-refractivity contribution < 1.29 is 0 Å². The average Bonchev–Trinajstić information content (AvgIpc) is 1.98. The predicted molar refractivity (Wildman–Crippen MR) is 51.5 cm³/mol. The maximum atomic E-state index is 5.90. The van der Waals surface area contributed by atoms with Gasteiger partial charge in [-0.15, -0.1) is 0 Å². The van der Waals surface area contributed by atoms with E-state index in [1.807, 2.05) is 0 Å². The quantitative estimate of drug-likeness (QED) is 0.652. The number of hydrogen-bond acceptors (Lipinski definition) is 1. The van der Waals surface area contributed by atoms with Gasteiger partial charge in [0.15, 0.2) is 0 Å². The van der Waals surface area contributed by atoms with Crippen LogP contribution in [-0.2, 0) is 0 Å². The highest BCUT2D eigenvalue weighted by molar-refractivity contribution is 4.67. The Bertz CT molecular complexity index is 88.9. The molecule has 0 bridgehead atoms. The van der Waals surface area contributed by atoms with Crippen LogP contribution in [0.1, 0.15) is 47.0 Å². The van der Waals surface area contributed by atoms with E-state index in [-0.39, 0.29) is 0 Å². The monoisotopic (exact) mass is 157 g/mol. The normalized spacial score (nSPS) is 16.9. The van der Waals surface area contributed by atoms with Crippen LogP contribution in [0.4, 0.5) is 0 Å². The summed E-state index contributed by atoms with van der Waals surface area (Å²) >= 11 is 0. The van der Waals surface area contributed by atoms with E-state index in [4.69, 9.17) is 5.73 Å². The third-order valence-corrected chi connectivity index (χ3v) is 2.40. The zero-order valence-corrected chi connectivity index (χ0v) is 8.43. The van der Waals surface area contributed by atoms with Crippen molar-refractivity contribution in [1.29, 1.82) is 0 Å². The molecular formula is C10H23N. The summed E-state index contributed by atoms with van der Waals surface area (Å²) in [5.74, 6) is 1.52. The Morgan fingerprint density at radius 1 is 1.09 bits per heavy atom. The molecule has 0 aliphatic rings. The van der Waals surface area contributed by atoms with E-state index in [1.54, 1.807) is 0 Å². The summed E-state index contributed by atoms with van der Waals surface area (Å²) in [6, 6.07) is 0.411. The standard InChI is InChI=1S/C10H23N/c1-5-10(11)9(4)7-6-8(2)3/h8-10H,5-7,11H2,1-4H3. The molecule has 0 saturated carbocycles. The average molecular weight is 157 g/mol. The zero-order valence-electron chi connectivity index (χ0n) is 8.43. The fraction of sp³-hybridized carbons (Fsp3) is 1.00. The van der Waals surface area contributed by atoms with Gasteiger partial charge in [-0.1, -0.05) is 34.1 Å². The van der Waals surface area contributed by atoms with Crippen molar-refractivity contribution in [3.8, 4) is 0 Å². The second-order valence-electron chi connectivity index (χ2n) is 4.02. The van der Waals surface area contributed by atoms with Gasteiger partial charge >= 0.3 is 0 Å². The largest absolute Gasteiger partial charge is 0.327 e. The second-order valence-corrected chi connectivity index (χ2v) is 4.02. The molecule has 1 heteroatoms. The molecule has 2 atom stereocenters. The Labute approximate surface area is 71.4 Å². The summed E-state index contributed by atoms with van der Waals surface area (Å²) in [6.45, 7) is 8.96. The van der Waals surface area contributed by atoms with Crippen molar-refractivity contribution in [1.82, 2.24) is 0 Å². The minimum atomic E-state index is 0.411. The molecule has 11 heavy (non-hydrogen) atoms. The molecule has 0 radical (unpaired) electrons. The zero-order chi connectivity index (χ0) is 8.85. The summed E-state index contributed by atoms with van der Waals surface area (Å²) < 4.78 is 0. The van der Waals surface area contributed by atoms with E-state index in [0.717, 1.165) is 12.3 Å². The molecule has 0 heterocycles. The highest BCUT2D eigenvalue weighted by Crippen LogP contribution is 2.15. The highest BCUT2D eigenvalue weighted by atomic mass is 14.6. The lowest BCUT2D eigenvalue weighted by Gasteiger charge is -2.18. The fourth-order valence-electron chi connectivity index (χ4n) is 1.21. The van der Waals surface area contributed by atoms with Gasteiger partial charge in [0.2, 0.25) is 0 Å². The minimum absolute atomic E-state index is 0.411. The Hall–Kier alpha value is -0.0400. The predicted octanol–water partition coefficient (Wildman–Crippen LogP) is 2.80. The Morgan fingerprint density at radius 2 is 1.64 bits per heavy atom. The Kier molecular flexibility index (Phi) is 5.57. The Morgan fingerprint density at radius 3 is 2.00 bits per heavy atom. The number of hydrogen-bond donors (Lipinski definition) is 1. The van der Waals surface area contributed by atoms with Crippen LogP contribution in [-0.4, -0.2) is 6.04 Å². The molecule has 2 N–H and O–H groups in total. The van der Waals surface area contributed by atoms with Gasteiger partial charge in [-0.2, -0.15) is 0 Å². The number of rotatable bonds is 5. The molecular weight excluding hydrogens is 134 g/mol. The first-order valence-electron chi connectivity index (χ1n) is 4.83. The summed E-state index contributed by atoms with van der Waals surface area (Å²) in [5, 5.41) is 0. The van der Waals surface area contributed by atoms with E-state index in [0.29, 0.717) is 12.0 Å². The summed E-state index contributed by atoms with van der Waals surface area (Å²) in [5.41, 5.74) is 5.90. The van der Waals surface area contributed by atoms with Gasteiger partial charge < -0.3 is 5.73 Å². The lowest BCUT2D eigenvalue weighted by Crippen LogP contribution is -2.27. The Balaban J connectivity index is 3.43. The van der Waals surface area contributed by atoms with Crippen molar-refractivity contribution in [2.75, 3.05) is 0 Å². The second kappa shape index (κ2) is 5.59. The molecule has 0 spiro atoms. The fourth-order valence-corrected chi connectivity index (χ4v) is 1.21. The molecule has 0 amide bonds. The van der Waals surface area contributed by atoms with Crippen LogP contribution >= 0.6 is 0 Å². The third-order valence-electron chi connectivity index (χ3n) is 2.40. The molecule has 0 aliphatic heterocycles. The molecule has 0 rings (SSSR count). The van der Waals surface area contributed by atoms with E-state index < -0.39 is 0 Å². The third kappa shape index (κ3) is 5.25. The van der Waals surface area contributed by atoms with Crippen LogP contribution in [0, 0.1) is 11.8 Å². The van der Waals surface area contributed by atoms with Crippen molar-refractivity contribution >= 4 is 0 Å². The smallest absolute Gasteiger partial charge is 0.00619 e. The highest BCUT2D eigenvalue weighted by Gasteiger charge is 2.10.